The second kappa shape index (κ2) is 8.68. The Labute approximate surface area is 137 Å². The van der Waals surface area contributed by atoms with Gasteiger partial charge in [-0.25, -0.2) is 0 Å². The van der Waals surface area contributed by atoms with Crippen LogP contribution in [0.25, 0.3) is 0 Å². The minimum absolute atomic E-state index is 0.262. The van der Waals surface area contributed by atoms with Gasteiger partial charge in [0.2, 0.25) is 6.41 Å². The van der Waals surface area contributed by atoms with E-state index in [0.717, 1.165) is 13.8 Å². The molecule has 10 heteroatoms. The number of carbonyl (C=O) groups excluding carboxylic acids is 4. The first kappa shape index (κ1) is 19.2. The zero-order valence-corrected chi connectivity index (χ0v) is 13.6. The fraction of sp³-hybridized carbons (Fsp3) is 0.692. The number of ether oxygens (including phenoxy) is 4. The van der Waals surface area contributed by atoms with Gasteiger partial charge in [0.25, 0.3) is 0 Å². The maximum absolute atomic E-state index is 11.3. The molecule has 0 unspecified atom stereocenters. The van der Waals surface area contributed by atoms with Gasteiger partial charge in [-0.05, 0) is 0 Å². The van der Waals surface area contributed by atoms with Crippen LogP contribution in [-0.4, -0.2) is 60.8 Å². The van der Waals surface area contributed by atoms with E-state index in [1.54, 1.807) is 0 Å². The lowest BCUT2D eigenvalue weighted by atomic mass is 9.97. The van der Waals surface area contributed by atoms with E-state index in [2.05, 4.69) is 5.32 Å². The lowest BCUT2D eigenvalue weighted by Gasteiger charge is -2.42. The fourth-order valence-electron chi connectivity index (χ4n) is 2.14. The summed E-state index contributed by atoms with van der Waals surface area (Å²) in [4.78, 5) is 44.3. The number of halogens is 1. The van der Waals surface area contributed by atoms with Crippen molar-refractivity contribution >= 4 is 35.9 Å². The summed E-state index contributed by atoms with van der Waals surface area (Å²) in [5, 5.41) is 2.36. The third kappa shape index (κ3) is 5.68. The summed E-state index contributed by atoms with van der Waals surface area (Å²) in [6.45, 7) is 3.25. The fourth-order valence-corrected chi connectivity index (χ4v) is 2.49. The molecule has 1 fully saturated rings. The minimum Gasteiger partial charge on any atom is -0.463 e. The largest absolute Gasteiger partial charge is 0.463 e. The molecule has 1 saturated heterocycles. The molecule has 1 N–H and O–H groups in total. The van der Waals surface area contributed by atoms with Crippen molar-refractivity contribution < 1.29 is 38.1 Å². The molecule has 1 aliphatic rings. The van der Waals surface area contributed by atoms with Crippen molar-refractivity contribution in [1.82, 2.24) is 5.32 Å². The maximum Gasteiger partial charge on any atom is 0.303 e. The van der Waals surface area contributed by atoms with Gasteiger partial charge >= 0.3 is 17.9 Å². The number of hydrogen-bond acceptors (Lipinski definition) is 8. The van der Waals surface area contributed by atoms with Crippen LogP contribution < -0.4 is 5.32 Å². The van der Waals surface area contributed by atoms with E-state index in [4.69, 9.17) is 30.5 Å². The van der Waals surface area contributed by atoms with Crippen LogP contribution in [-0.2, 0) is 38.1 Å². The molecule has 5 atom stereocenters. The van der Waals surface area contributed by atoms with E-state index in [9.17, 15) is 19.2 Å². The van der Waals surface area contributed by atoms with Gasteiger partial charge in [0.15, 0.2) is 17.8 Å². The standard InChI is InChI=1S/C13H18ClNO8/c1-6(17)20-4-9-11(21-7(2)18)12(22-8(3)19)10(15-5-16)13(14)23-9/h5,9-13H,4H2,1-3H3,(H,15,16)/t9-,10-,11-,12-,13+/m1/s1. The molecular weight excluding hydrogens is 334 g/mol. The normalized spacial score (nSPS) is 30.0. The number of nitrogens with one attached hydrogen (secondary N) is 1. The summed E-state index contributed by atoms with van der Waals surface area (Å²) in [6.07, 6.45) is -2.81. The number of carbonyl (C=O) groups is 4. The van der Waals surface area contributed by atoms with Crippen molar-refractivity contribution in [2.45, 2.75) is 50.7 Å². The Bertz CT molecular complexity index is 471. The summed E-state index contributed by atoms with van der Waals surface area (Å²) in [6, 6.07) is -0.948. The first-order chi connectivity index (χ1) is 10.8. The highest BCUT2D eigenvalue weighted by Crippen LogP contribution is 2.28. The molecule has 0 saturated carbocycles. The highest BCUT2D eigenvalue weighted by molar-refractivity contribution is 6.20. The Morgan fingerprint density at radius 3 is 2.13 bits per heavy atom. The van der Waals surface area contributed by atoms with Gasteiger partial charge in [-0.2, -0.15) is 0 Å². The molecule has 23 heavy (non-hydrogen) atoms. The average molecular weight is 352 g/mol. The second-order valence-corrected chi connectivity index (χ2v) is 5.22. The first-order valence-electron chi connectivity index (χ1n) is 6.73. The summed E-state index contributed by atoms with van der Waals surface area (Å²) in [5.74, 6) is -1.90. The van der Waals surface area contributed by atoms with Gasteiger partial charge in [-0.3, -0.25) is 19.2 Å². The molecule has 0 aliphatic carbocycles. The van der Waals surface area contributed by atoms with E-state index >= 15 is 0 Å². The van der Waals surface area contributed by atoms with Crippen molar-refractivity contribution in [3.8, 4) is 0 Å². The molecule has 130 valence electrons. The van der Waals surface area contributed by atoms with Crippen molar-refractivity contribution in [2.24, 2.45) is 0 Å². The Morgan fingerprint density at radius 2 is 1.65 bits per heavy atom. The summed E-state index contributed by atoms with van der Waals surface area (Å²) < 4.78 is 20.5. The molecule has 0 radical (unpaired) electrons. The number of hydrogen-bond donors (Lipinski definition) is 1. The van der Waals surface area contributed by atoms with E-state index < -0.39 is 47.8 Å². The predicted molar refractivity (Wildman–Crippen MR) is 75.2 cm³/mol. The zero-order chi connectivity index (χ0) is 17.6. The van der Waals surface area contributed by atoms with Gasteiger partial charge in [-0.1, -0.05) is 11.6 Å². The third-order valence-corrected chi connectivity index (χ3v) is 3.32. The van der Waals surface area contributed by atoms with Crippen molar-refractivity contribution in [3.63, 3.8) is 0 Å². The van der Waals surface area contributed by atoms with Crippen LogP contribution >= 0.6 is 11.6 Å². The lowest BCUT2D eigenvalue weighted by molar-refractivity contribution is -0.212. The Hall–Kier alpha value is -1.87. The van der Waals surface area contributed by atoms with Crippen LogP contribution in [0.2, 0.25) is 0 Å². The molecular formula is C13H18ClNO8. The van der Waals surface area contributed by atoms with Crippen LogP contribution in [0, 0.1) is 0 Å². The van der Waals surface area contributed by atoms with Gasteiger partial charge in [-0.15, -0.1) is 0 Å². The Morgan fingerprint density at radius 1 is 1.09 bits per heavy atom. The SMILES string of the molecule is CC(=O)OC[C@H]1O[C@H](Cl)[C@H](NC=O)[C@@H](OC(C)=O)[C@@H]1OC(C)=O. The molecule has 0 bridgehead atoms. The summed E-state index contributed by atoms with van der Waals surface area (Å²) in [7, 11) is 0. The van der Waals surface area contributed by atoms with Crippen LogP contribution in [0.3, 0.4) is 0 Å². The van der Waals surface area contributed by atoms with Gasteiger partial charge in [0.1, 0.15) is 18.8 Å². The number of amides is 1. The second-order valence-electron chi connectivity index (χ2n) is 4.79. The van der Waals surface area contributed by atoms with E-state index in [1.165, 1.54) is 6.92 Å². The first-order valence-corrected chi connectivity index (χ1v) is 7.17. The summed E-state index contributed by atoms with van der Waals surface area (Å²) in [5.41, 5.74) is -1.09. The molecule has 1 rings (SSSR count). The third-order valence-electron chi connectivity index (χ3n) is 2.95. The molecule has 1 heterocycles. The number of rotatable bonds is 6. The molecule has 0 aromatic rings. The van der Waals surface area contributed by atoms with Crippen molar-refractivity contribution in [1.29, 1.82) is 0 Å². The Kier molecular flexibility index (Phi) is 7.24. The van der Waals surface area contributed by atoms with Gasteiger partial charge in [0, 0.05) is 20.8 Å². The van der Waals surface area contributed by atoms with E-state index in [1.807, 2.05) is 0 Å². The summed E-state index contributed by atoms with van der Waals surface area (Å²) >= 11 is 6.04. The molecule has 0 aromatic carbocycles. The van der Waals surface area contributed by atoms with Gasteiger partial charge in [0.05, 0.1) is 0 Å². The number of esters is 3. The van der Waals surface area contributed by atoms with Crippen LogP contribution in [0.15, 0.2) is 0 Å². The molecule has 1 amide bonds. The highest BCUT2D eigenvalue weighted by atomic mass is 35.5. The Balaban J connectivity index is 3.06. The molecule has 9 nitrogen and oxygen atoms in total. The van der Waals surface area contributed by atoms with Crippen LogP contribution in [0.1, 0.15) is 20.8 Å². The smallest absolute Gasteiger partial charge is 0.303 e. The van der Waals surface area contributed by atoms with Crippen LogP contribution in [0.4, 0.5) is 0 Å². The lowest BCUT2D eigenvalue weighted by Crippen LogP contribution is -2.64. The molecule has 1 aliphatic heterocycles. The van der Waals surface area contributed by atoms with Crippen molar-refractivity contribution in [2.75, 3.05) is 6.61 Å². The maximum atomic E-state index is 11.3. The quantitative estimate of drug-likeness (QED) is 0.294. The topological polar surface area (TPSA) is 117 Å². The van der Waals surface area contributed by atoms with Gasteiger partial charge < -0.3 is 24.3 Å². The highest BCUT2D eigenvalue weighted by Gasteiger charge is 2.49. The van der Waals surface area contributed by atoms with E-state index in [0.29, 0.717) is 6.41 Å². The molecule has 0 aromatic heterocycles. The predicted octanol–water partition coefficient (Wildman–Crippen LogP) is -0.509. The number of alkyl halides is 1. The zero-order valence-electron chi connectivity index (χ0n) is 12.8. The van der Waals surface area contributed by atoms with Crippen LogP contribution in [0.5, 0.6) is 0 Å². The van der Waals surface area contributed by atoms with Crippen molar-refractivity contribution in [3.05, 3.63) is 0 Å². The molecule has 0 spiro atoms. The monoisotopic (exact) mass is 351 g/mol. The average Bonchev–Trinajstić information content (AvgIpc) is 2.42. The van der Waals surface area contributed by atoms with E-state index in [-0.39, 0.29) is 6.61 Å². The minimum atomic E-state index is -1.11.